The van der Waals surface area contributed by atoms with Crippen LogP contribution in [0.1, 0.15) is 31.2 Å². The number of rotatable bonds is 4. The second-order valence-corrected chi connectivity index (χ2v) is 6.66. The molecule has 1 aromatic carbocycles. The van der Waals surface area contributed by atoms with Crippen LogP contribution in [0.25, 0.3) is 0 Å². The van der Waals surface area contributed by atoms with Crippen LogP contribution in [0.5, 0.6) is 11.5 Å². The highest BCUT2D eigenvalue weighted by Crippen LogP contribution is 2.71. The lowest BCUT2D eigenvalue weighted by Crippen LogP contribution is -2.48. The third kappa shape index (κ3) is 1.56. The van der Waals surface area contributed by atoms with Crippen LogP contribution in [0.4, 0.5) is 0 Å². The Bertz CT molecular complexity index is 535. The fourth-order valence-electron chi connectivity index (χ4n) is 4.11. The predicted molar refractivity (Wildman–Crippen MR) is 76.3 cm³/mol. The van der Waals surface area contributed by atoms with Crippen LogP contribution in [-0.4, -0.2) is 25.9 Å². The van der Waals surface area contributed by atoms with Gasteiger partial charge in [0.1, 0.15) is 0 Å². The lowest BCUT2D eigenvalue weighted by atomic mass is 9.69. The van der Waals surface area contributed by atoms with Crippen LogP contribution < -0.4 is 9.47 Å². The van der Waals surface area contributed by atoms with Gasteiger partial charge in [0.25, 0.3) is 0 Å². The average Bonchev–Trinajstić information content (AvgIpc) is 3.03. The normalized spacial score (nSPS) is 32.6. The molecule has 2 atom stereocenters. The van der Waals surface area contributed by atoms with Gasteiger partial charge in [-0.3, -0.25) is 0 Å². The Morgan fingerprint density at radius 1 is 1.30 bits per heavy atom. The summed E-state index contributed by atoms with van der Waals surface area (Å²) in [5, 5.41) is 0. The van der Waals surface area contributed by atoms with E-state index in [0.29, 0.717) is 5.41 Å². The maximum Gasteiger partial charge on any atom is 0.161 e. The predicted octanol–water partition coefficient (Wildman–Crippen LogP) is 3.34. The lowest BCUT2D eigenvalue weighted by molar-refractivity contribution is -0.119. The van der Waals surface area contributed by atoms with Gasteiger partial charge in [-0.05, 0) is 56.2 Å². The highest BCUT2D eigenvalue weighted by atomic mass is 16.5. The molecule has 4 rings (SSSR count). The Hall–Kier alpha value is -1.22. The van der Waals surface area contributed by atoms with Gasteiger partial charge in [0.15, 0.2) is 11.5 Å². The van der Waals surface area contributed by atoms with Crippen LogP contribution in [0, 0.1) is 18.3 Å². The van der Waals surface area contributed by atoms with Crippen LogP contribution in [-0.2, 0) is 4.74 Å². The lowest BCUT2D eigenvalue weighted by Gasteiger charge is -2.45. The third-order valence-electron chi connectivity index (χ3n) is 5.67. The van der Waals surface area contributed by atoms with Gasteiger partial charge >= 0.3 is 0 Å². The number of hydrogen-bond donors (Lipinski definition) is 0. The van der Waals surface area contributed by atoms with E-state index in [0.717, 1.165) is 30.6 Å². The van der Waals surface area contributed by atoms with Crippen molar-refractivity contribution in [1.29, 1.82) is 0 Å². The number of ether oxygens (including phenoxy) is 3. The summed E-state index contributed by atoms with van der Waals surface area (Å²) >= 11 is 0. The van der Waals surface area contributed by atoms with Crippen molar-refractivity contribution in [2.24, 2.45) is 11.3 Å². The van der Waals surface area contributed by atoms with Gasteiger partial charge in [-0.2, -0.15) is 0 Å². The maximum atomic E-state index is 6.14. The van der Waals surface area contributed by atoms with Gasteiger partial charge in [-0.15, -0.1) is 0 Å². The molecule has 1 spiro atoms. The van der Waals surface area contributed by atoms with E-state index >= 15 is 0 Å². The average molecular weight is 274 g/mol. The largest absolute Gasteiger partial charge is 0.493 e. The first kappa shape index (κ1) is 12.5. The summed E-state index contributed by atoms with van der Waals surface area (Å²) in [5.74, 6) is 2.42. The van der Waals surface area contributed by atoms with Gasteiger partial charge in [-0.1, -0.05) is 6.07 Å². The zero-order valence-corrected chi connectivity index (χ0v) is 12.3. The number of hydrogen-bond acceptors (Lipinski definition) is 3. The van der Waals surface area contributed by atoms with E-state index in [-0.39, 0.29) is 5.60 Å². The summed E-state index contributed by atoms with van der Waals surface area (Å²) in [6.07, 6.45) is 5.03. The first-order valence-electron chi connectivity index (χ1n) is 7.61. The smallest absolute Gasteiger partial charge is 0.161 e. The molecule has 0 radical (unpaired) electrons. The topological polar surface area (TPSA) is 27.7 Å². The SMILES string of the molecule is COc1cc(C)ccc1OC[C@]12C[C@H]1COC21CCC1. The molecule has 0 amide bonds. The van der Waals surface area contributed by atoms with Crippen molar-refractivity contribution in [1.82, 2.24) is 0 Å². The molecule has 1 heterocycles. The Morgan fingerprint density at radius 2 is 2.15 bits per heavy atom. The standard InChI is InChI=1S/C17H22O3/c1-12-4-5-14(15(8-12)18-2)19-11-16-9-13(16)10-20-17(16)6-3-7-17/h4-5,8,13H,3,6-7,9-11H2,1-2H3/t13-,16+/m0/s1. The Morgan fingerprint density at radius 3 is 2.80 bits per heavy atom. The second kappa shape index (κ2) is 4.14. The van der Waals surface area contributed by atoms with Gasteiger partial charge < -0.3 is 14.2 Å². The number of benzene rings is 1. The molecular formula is C17H22O3. The minimum atomic E-state index is 0.148. The fourth-order valence-corrected chi connectivity index (χ4v) is 4.11. The third-order valence-corrected chi connectivity index (χ3v) is 5.67. The second-order valence-electron chi connectivity index (χ2n) is 6.66. The fraction of sp³-hybridized carbons (Fsp3) is 0.647. The van der Waals surface area contributed by atoms with Crippen molar-refractivity contribution >= 4 is 0 Å². The highest BCUT2D eigenvalue weighted by Gasteiger charge is 2.73. The molecule has 3 fully saturated rings. The van der Waals surface area contributed by atoms with Gasteiger partial charge in [-0.25, -0.2) is 0 Å². The molecule has 1 aromatic rings. The number of methoxy groups -OCH3 is 1. The van der Waals surface area contributed by atoms with Crippen molar-refractivity contribution in [3.05, 3.63) is 23.8 Å². The molecular weight excluding hydrogens is 252 g/mol. The monoisotopic (exact) mass is 274 g/mol. The van der Waals surface area contributed by atoms with Crippen LogP contribution in [0.2, 0.25) is 0 Å². The first-order valence-corrected chi connectivity index (χ1v) is 7.61. The summed E-state index contributed by atoms with van der Waals surface area (Å²) in [5.41, 5.74) is 1.63. The van der Waals surface area contributed by atoms with E-state index in [9.17, 15) is 0 Å². The zero-order valence-electron chi connectivity index (χ0n) is 12.3. The Labute approximate surface area is 120 Å². The van der Waals surface area contributed by atoms with Crippen LogP contribution in [0.15, 0.2) is 18.2 Å². The molecule has 0 bridgehead atoms. The van der Waals surface area contributed by atoms with E-state index in [4.69, 9.17) is 14.2 Å². The quantitative estimate of drug-likeness (QED) is 0.842. The summed E-state index contributed by atoms with van der Waals surface area (Å²) in [7, 11) is 1.70. The van der Waals surface area contributed by atoms with Gasteiger partial charge in [0, 0.05) is 5.41 Å². The summed E-state index contributed by atoms with van der Waals surface area (Å²) in [4.78, 5) is 0. The first-order chi connectivity index (χ1) is 9.69. The van der Waals surface area contributed by atoms with Crippen molar-refractivity contribution in [3.8, 4) is 11.5 Å². The molecule has 2 aliphatic carbocycles. The van der Waals surface area contributed by atoms with Crippen molar-refractivity contribution in [2.45, 2.75) is 38.2 Å². The van der Waals surface area contributed by atoms with E-state index < -0.39 is 0 Å². The molecule has 1 saturated heterocycles. The van der Waals surface area contributed by atoms with Gasteiger partial charge in [0.05, 0.1) is 25.9 Å². The molecule has 0 unspecified atom stereocenters. The van der Waals surface area contributed by atoms with E-state index in [2.05, 4.69) is 13.0 Å². The van der Waals surface area contributed by atoms with E-state index in [1.165, 1.54) is 31.2 Å². The maximum absolute atomic E-state index is 6.14. The molecule has 2 saturated carbocycles. The summed E-state index contributed by atoms with van der Waals surface area (Å²) < 4.78 is 17.7. The molecule has 3 aliphatic rings. The highest BCUT2D eigenvalue weighted by molar-refractivity contribution is 5.42. The molecule has 3 nitrogen and oxygen atoms in total. The summed E-state index contributed by atoms with van der Waals surface area (Å²) in [6, 6.07) is 6.12. The molecule has 3 heteroatoms. The zero-order chi connectivity index (χ0) is 13.8. The molecule has 108 valence electrons. The molecule has 20 heavy (non-hydrogen) atoms. The molecule has 1 aliphatic heterocycles. The van der Waals surface area contributed by atoms with Gasteiger partial charge in [0.2, 0.25) is 0 Å². The molecule has 0 aromatic heterocycles. The Balaban J connectivity index is 1.51. The number of aryl methyl sites for hydroxylation is 1. The van der Waals surface area contributed by atoms with Crippen molar-refractivity contribution < 1.29 is 14.2 Å². The van der Waals surface area contributed by atoms with Crippen LogP contribution in [0.3, 0.4) is 0 Å². The van der Waals surface area contributed by atoms with E-state index in [1.807, 2.05) is 12.1 Å². The minimum absolute atomic E-state index is 0.148. The minimum Gasteiger partial charge on any atom is -0.493 e. The van der Waals surface area contributed by atoms with E-state index in [1.54, 1.807) is 7.11 Å². The van der Waals surface area contributed by atoms with Crippen molar-refractivity contribution in [3.63, 3.8) is 0 Å². The number of fused-ring (bicyclic) bond motifs is 2. The molecule has 0 N–H and O–H groups in total. The van der Waals surface area contributed by atoms with Crippen LogP contribution >= 0.6 is 0 Å². The van der Waals surface area contributed by atoms with Crippen molar-refractivity contribution in [2.75, 3.05) is 20.3 Å². The summed E-state index contributed by atoms with van der Waals surface area (Å²) in [6.45, 7) is 3.78. The Kier molecular flexibility index (Phi) is 2.59.